The summed E-state index contributed by atoms with van der Waals surface area (Å²) < 4.78 is 25.0. The summed E-state index contributed by atoms with van der Waals surface area (Å²) in [7, 11) is -3.09. The number of hydrogen-bond acceptors (Lipinski definition) is 3. The Morgan fingerprint density at radius 2 is 2.31 bits per heavy atom. The van der Waals surface area contributed by atoms with Crippen molar-refractivity contribution < 1.29 is 8.42 Å². The minimum atomic E-state index is -3.09. The minimum absolute atomic E-state index is 0.0131. The number of halogens is 1. The van der Waals surface area contributed by atoms with E-state index in [-0.39, 0.29) is 9.41 Å². The molecule has 1 heterocycles. The van der Waals surface area contributed by atoms with Crippen molar-refractivity contribution in [3.63, 3.8) is 0 Å². The molecular formula is C7H14BrNO2S2. The van der Waals surface area contributed by atoms with Crippen LogP contribution < -0.4 is 4.72 Å². The van der Waals surface area contributed by atoms with Gasteiger partial charge in [0.05, 0.1) is 0 Å². The highest BCUT2D eigenvalue weighted by Gasteiger charge is 2.30. The Hall–Kier alpha value is 0.740. The molecule has 0 spiro atoms. The quantitative estimate of drug-likeness (QED) is 0.798. The maximum Gasteiger partial charge on any atom is 0.221 e. The molecule has 1 unspecified atom stereocenters. The lowest BCUT2D eigenvalue weighted by Crippen LogP contribution is -2.37. The van der Waals surface area contributed by atoms with Gasteiger partial charge in [0.2, 0.25) is 10.0 Å². The van der Waals surface area contributed by atoms with Gasteiger partial charge < -0.3 is 0 Å². The molecular weight excluding hydrogens is 274 g/mol. The molecule has 0 radical (unpaired) electrons. The maximum atomic E-state index is 11.1. The molecule has 0 aromatic carbocycles. The van der Waals surface area contributed by atoms with Crippen LogP contribution in [0.1, 0.15) is 19.8 Å². The predicted molar refractivity (Wildman–Crippen MR) is 60.8 cm³/mol. The second-order valence-electron chi connectivity index (χ2n) is 3.45. The number of sulfonamides is 1. The Balaban J connectivity index is 2.42. The molecule has 78 valence electrons. The molecule has 0 aromatic heterocycles. The fraction of sp³-hybridized carbons (Fsp3) is 1.00. The van der Waals surface area contributed by atoms with Gasteiger partial charge in [0.1, 0.15) is 4.66 Å². The van der Waals surface area contributed by atoms with Crippen LogP contribution in [0.2, 0.25) is 0 Å². The highest BCUT2D eigenvalue weighted by Crippen LogP contribution is 2.37. The number of thioether (sulfide) groups is 1. The average Bonchev–Trinajstić information content (AvgIpc) is 2.50. The first kappa shape index (κ1) is 11.8. The van der Waals surface area contributed by atoms with Gasteiger partial charge in [0.15, 0.2) is 0 Å². The zero-order chi connectivity index (χ0) is 9.95. The molecule has 6 heteroatoms. The molecule has 0 bridgehead atoms. The van der Waals surface area contributed by atoms with Crippen LogP contribution in [0.5, 0.6) is 0 Å². The van der Waals surface area contributed by atoms with Crippen molar-refractivity contribution in [3.05, 3.63) is 0 Å². The standard InChI is InChI=1S/C7H14BrNO2S2/c1-7(3-2-4-12-7)5-9-13(10,11)6-8/h9H,2-6H2,1H3. The molecule has 13 heavy (non-hydrogen) atoms. The van der Waals surface area contributed by atoms with Gasteiger partial charge >= 0.3 is 0 Å². The molecule has 1 aliphatic heterocycles. The van der Waals surface area contributed by atoms with Crippen molar-refractivity contribution >= 4 is 37.7 Å². The van der Waals surface area contributed by atoms with Crippen LogP contribution in [0.4, 0.5) is 0 Å². The first-order valence-electron chi connectivity index (χ1n) is 4.15. The maximum absolute atomic E-state index is 11.1. The summed E-state index contributed by atoms with van der Waals surface area (Å²) in [6, 6.07) is 0. The SMILES string of the molecule is CC1(CNS(=O)(=O)CBr)CCCS1. The van der Waals surface area contributed by atoms with Crippen molar-refractivity contribution in [2.45, 2.75) is 24.5 Å². The highest BCUT2D eigenvalue weighted by molar-refractivity contribution is 9.10. The second kappa shape index (κ2) is 4.51. The van der Waals surface area contributed by atoms with Crippen molar-refractivity contribution in [1.29, 1.82) is 0 Å². The summed E-state index contributed by atoms with van der Waals surface area (Å²) in [5.41, 5.74) is 0. The summed E-state index contributed by atoms with van der Waals surface area (Å²) in [5, 5.41) is 0. The van der Waals surface area contributed by atoms with Crippen LogP contribution in [0.15, 0.2) is 0 Å². The molecule has 0 saturated carbocycles. The molecule has 0 aliphatic carbocycles. The summed E-state index contributed by atoms with van der Waals surface area (Å²) in [4.78, 5) is 0. The van der Waals surface area contributed by atoms with Crippen LogP contribution in [0.25, 0.3) is 0 Å². The summed E-state index contributed by atoms with van der Waals surface area (Å²) in [5.74, 6) is 1.15. The summed E-state index contributed by atoms with van der Waals surface area (Å²) in [6.45, 7) is 2.66. The highest BCUT2D eigenvalue weighted by atomic mass is 79.9. The third-order valence-electron chi connectivity index (χ3n) is 2.11. The Morgan fingerprint density at radius 1 is 1.62 bits per heavy atom. The number of nitrogens with one attached hydrogen (secondary N) is 1. The van der Waals surface area contributed by atoms with Gasteiger partial charge in [-0.15, -0.1) is 0 Å². The molecule has 1 rings (SSSR count). The summed E-state index contributed by atoms with van der Waals surface area (Å²) >= 11 is 4.79. The van der Waals surface area contributed by atoms with E-state index in [1.165, 1.54) is 6.42 Å². The predicted octanol–water partition coefficient (Wildman–Crippen LogP) is 1.54. The first-order chi connectivity index (χ1) is 5.97. The lowest BCUT2D eigenvalue weighted by atomic mass is 10.1. The van der Waals surface area contributed by atoms with Gasteiger partial charge in [-0.25, -0.2) is 13.1 Å². The summed E-state index contributed by atoms with van der Waals surface area (Å²) in [6.07, 6.45) is 2.29. The zero-order valence-electron chi connectivity index (χ0n) is 7.55. The van der Waals surface area contributed by atoms with Crippen LogP contribution in [0, 0.1) is 0 Å². The van der Waals surface area contributed by atoms with Crippen LogP contribution in [0.3, 0.4) is 0 Å². The van der Waals surface area contributed by atoms with Crippen LogP contribution in [-0.2, 0) is 10.0 Å². The minimum Gasteiger partial charge on any atom is -0.213 e. The van der Waals surface area contributed by atoms with E-state index in [0.717, 1.165) is 12.2 Å². The molecule has 1 N–H and O–H groups in total. The number of hydrogen-bond donors (Lipinski definition) is 1. The zero-order valence-corrected chi connectivity index (χ0v) is 10.8. The third-order valence-corrected chi connectivity index (χ3v) is 6.33. The van der Waals surface area contributed by atoms with E-state index in [1.807, 2.05) is 11.8 Å². The molecule has 1 atom stereocenters. The topological polar surface area (TPSA) is 46.2 Å². The van der Waals surface area contributed by atoms with E-state index in [9.17, 15) is 8.42 Å². The Bertz CT molecular complexity index is 260. The second-order valence-corrected chi connectivity index (χ2v) is 8.24. The van der Waals surface area contributed by atoms with Crippen molar-refractivity contribution in [3.8, 4) is 0 Å². The molecule has 0 amide bonds. The van der Waals surface area contributed by atoms with Gasteiger partial charge in [-0.05, 0) is 25.5 Å². The Morgan fingerprint density at radius 3 is 2.77 bits per heavy atom. The lowest BCUT2D eigenvalue weighted by Gasteiger charge is -2.22. The number of rotatable bonds is 4. The van der Waals surface area contributed by atoms with Gasteiger partial charge in [-0.2, -0.15) is 11.8 Å². The van der Waals surface area contributed by atoms with Crippen molar-refractivity contribution in [2.75, 3.05) is 17.0 Å². The van der Waals surface area contributed by atoms with Gasteiger partial charge in [0, 0.05) is 11.3 Å². The van der Waals surface area contributed by atoms with E-state index in [2.05, 4.69) is 27.6 Å². The van der Waals surface area contributed by atoms with E-state index < -0.39 is 10.0 Å². The van der Waals surface area contributed by atoms with E-state index in [4.69, 9.17) is 0 Å². The van der Waals surface area contributed by atoms with Crippen LogP contribution >= 0.6 is 27.7 Å². The molecule has 1 fully saturated rings. The lowest BCUT2D eigenvalue weighted by molar-refractivity contribution is 0.556. The number of alkyl halides is 1. The fourth-order valence-corrected chi connectivity index (χ4v) is 3.71. The van der Waals surface area contributed by atoms with Crippen molar-refractivity contribution in [1.82, 2.24) is 4.72 Å². The first-order valence-corrected chi connectivity index (χ1v) is 7.91. The van der Waals surface area contributed by atoms with Crippen molar-refractivity contribution in [2.24, 2.45) is 0 Å². The largest absolute Gasteiger partial charge is 0.221 e. The van der Waals surface area contributed by atoms with Gasteiger partial charge in [-0.3, -0.25) is 0 Å². The fourth-order valence-electron chi connectivity index (χ4n) is 1.28. The smallest absolute Gasteiger partial charge is 0.213 e. The molecule has 1 aliphatic rings. The van der Waals surface area contributed by atoms with Gasteiger partial charge in [0.25, 0.3) is 0 Å². The van der Waals surface area contributed by atoms with Crippen LogP contribution in [-0.4, -0.2) is 30.1 Å². The molecule has 1 saturated heterocycles. The van der Waals surface area contributed by atoms with E-state index in [0.29, 0.717) is 6.54 Å². The monoisotopic (exact) mass is 287 g/mol. The Labute approximate surface area is 92.2 Å². The Kier molecular flexibility index (Phi) is 4.09. The molecule has 0 aromatic rings. The van der Waals surface area contributed by atoms with E-state index >= 15 is 0 Å². The third kappa shape index (κ3) is 3.77. The normalized spacial score (nSPS) is 29.4. The average molecular weight is 288 g/mol. The molecule has 3 nitrogen and oxygen atoms in total. The van der Waals surface area contributed by atoms with E-state index in [1.54, 1.807) is 0 Å². The van der Waals surface area contributed by atoms with Gasteiger partial charge in [-0.1, -0.05) is 15.9 Å².